The molecule has 2 rings (SSSR count). The van der Waals surface area contributed by atoms with Crippen LogP contribution in [0, 0.1) is 11.6 Å². The number of benzene rings is 2. The van der Waals surface area contributed by atoms with Crippen LogP contribution in [0.3, 0.4) is 0 Å². The van der Waals surface area contributed by atoms with E-state index in [-0.39, 0.29) is 10.0 Å². The van der Waals surface area contributed by atoms with Crippen LogP contribution in [0.1, 0.15) is 23.4 Å². The zero-order valence-corrected chi connectivity index (χ0v) is 13.0. The molecule has 2 aromatic rings. The molecule has 1 unspecified atom stereocenters. The molecule has 20 heavy (non-hydrogen) atoms. The van der Waals surface area contributed by atoms with E-state index in [9.17, 15) is 8.78 Å². The summed E-state index contributed by atoms with van der Waals surface area (Å²) in [5.41, 5.74) is 0.691. The number of hydrogen-bond acceptors (Lipinski definition) is 1. The van der Waals surface area contributed by atoms with Gasteiger partial charge < -0.3 is 4.74 Å². The van der Waals surface area contributed by atoms with Gasteiger partial charge in [-0.3, -0.25) is 0 Å². The van der Waals surface area contributed by atoms with Gasteiger partial charge in [0.2, 0.25) is 0 Å². The number of rotatable bonds is 4. The van der Waals surface area contributed by atoms with E-state index in [0.29, 0.717) is 17.9 Å². The van der Waals surface area contributed by atoms with Crippen LogP contribution in [0.15, 0.2) is 40.9 Å². The van der Waals surface area contributed by atoms with Gasteiger partial charge in [0, 0.05) is 11.1 Å². The van der Waals surface area contributed by atoms with E-state index in [1.54, 1.807) is 24.3 Å². The van der Waals surface area contributed by atoms with Gasteiger partial charge in [-0.1, -0.05) is 18.2 Å². The van der Waals surface area contributed by atoms with E-state index < -0.39 is 17.0 Å². The first-order valence-electron chi connectivity index (χ1n) is 6.04. The van der Waals surface area contributed by atoms with Crippen molar-refractivity contribution in [3.63, 3.8) is 0 Å². The summed E-state index contributed by atoms with van der Waals surface area (Å²) >= 11 is 9.24. The lowest BCUT2D eigenvalue weighted by molar-refractivity contribution is 0.336. The molecular formula is C15H12BrClF2O. The van der Waals surface area contributed by atoms with E-state index in [0.717, 1.165) is 12.1 Å². The fourth-order valence-corrected chi connectivity index (χ4v) is 2.54. The van der Waals surface area contributed by atoms with Crippen LogP contribution in [-0.4, -0.2) is 6.61 Å². The monoisotopic (exact) mass is 360 g/mol. The zero-order valence-electron chi connectivity index (χ0n) is 10.7. The second-order valence-electron chi connectivity index (χ2n) is 4.12. The molecular weight excluding hydrogens is 350 g/mol. The van der Waals surface area contributed by atoms with Gasteiger partial charge in [-0.05, 0) is 41.1 Å². The quantitative estimate of drug-likeness (QED) is 0.519. The molecule has 1 nitrogen and oxygen atoms in total. The number of hydrogen-bond donors (Lipinski definition) is 0. The van der Waals surface area contributed by atoms with Crippen LogP contribution in [0.4, 0.5) is 8.78 Å². The van der Waals surface area contributed by atoms with E-state index in [1.807, 2.05) is 6.92 Å². The highest BCUT2D eigenvalue weighted by Crippen LogP contribution is 2.37. The molecule has 0 heterocycles. The van der Waals surface area contributed by atoms with Gasteiger partial charge >= 0.3 is 0 Å². The summed E-state index contributed by atoms with van der Waals surface area (Å²) < 4.78 is 33.1. The van der Waals surface area contributed by atoms with Crippen LogP contribution < -0.4 is 4.74 Å². The fourth-order valence-electron chi connectivity index (χ4n) is 1.88. The smallest absolute Gasteiger partial charge is 0.137 e. The second kappa shape index (κ2) is 6.55. The van der Waals surface area contributed by atoms with Crippen LogP contribution >= 0.6 is 27.5 Å². The van der Waals surface area contributed by atoms with Crippen molar-refractivity contribution in [2.45, 2.75) is 12.3 Å². The molecule has 0 spiro atoms. The van der Waals surface area contributed by atoms with Gasteiger partial charge in [0.05, 0.1) is 16.5 Å². The predicted octanol–water partition coefficient (Wildman–Crippen LogP) is 5.45. The number of alkyl halides is 1. The third-order valence-electron chi connectivity index (χ3n) is 2.80. The zero-order chi connectivity index (χ0) is 14.7. The van der Waals surface area contributed by atoms with Crippen LogP contribution in [0.25, 0.3) is 0 Å². The minimum atomic E-state index is -0.819. The van der Waals surface area contributed by atoms with Crippen LogP contribution in [0.2, 0.25) is 0 Å². The Bertz CT molecular complexity index is 619. The van der Waals surface area contributed by atoms with Crippen molar-refractivity contribution in [3.8, 4) is 5.75 Å². The Morgan fingerprint density at radius 3 is 2.55 bits per heavy atom. The lowest BCUT2D eigenvalue weighted by atomic mass is 10.0. The SMILES string of the molecule is CCOc1ccccc1C(Cl)c1cc(F)c(Br)cc1F. The van der Waals surface area contributed by atoms with Crippen molar-refractivity contribution >= 4 is 27.5 Å². The molecule has 5 heteroatoms. The lowest BCUT2D eigenvalue weighted by Gasteiger charge is -2.16. The van der Waals surface area contributed by atoms with Crippen molar-refractivity contribution in [3.05, 3.63) is 63.6 Å². The summed E-state index contributed by atoms with van der Waals surface area (Å²) in [5, 5.41) is -0.819. The molecule has 0 amide bonds. The number of ether oxygens (including phenoxy) is 1. The van der Waals surface area contributed by atoms with Gasteiger partial charge in [-0.2, -0.15) is 0 Å². The number of halogens is 4. The van der Waals surface area contributed by atoms with Gasteiger partial charge in [0.1, 0.15) is 17.4 Å². The third-order valence-corrected chi connectivity index (χ3v) is 3.88. The third kappa shape index (κ3) is 3.13. The first-order chi connectivity index (χ1) is 9.54. The molecule has 0 fully saturated rings. The Labute approximate surface area is 129 Å². The molecule has 0 aliphatic carbocycles. The molecule has 0 aliphatic rings. The molecule has 0 aromatic heterocycles. The van der Waals surface area contributed by atoms with Gasteiger partial charge in [-0.15, -0.1) is 11.6 Å². The van der Waals surface area contributed by atoms with Crippen molar-refractivity contribution in [2.75, 3.05) is 6.61 Å². The summed E-state index contributed by atoms with van der Waals surface area (Å²) in [6, 6.07) is 9.24. The fraction of sp³-hybridized carbons (Fsp3) is 0.200. The first-order valence-corrected chi connectivity index (χ1v) is 7.27. The standard InChI is InChI=1S/C15H12BrClF2O/c1-2-20-14-6-4-3-5-9(14)15(17)10-7-13(19)11(16)8-12(10)18/h3-8,15H,2H2,1H3. The van der Waals surface area contributed by atoms with Crippen molar-refractivity contribution < 1.29 is 13.5 Å². The predicted molar refractivity (Wildman–Crippen MR) is 79.4 cm³/mol. The summed E-state index contributed by atoms with van der Waals surface area (Å²) in [4.78, 5) is 0. The Morgan fingerprint density at radius 2 is 1.85 bits per heavy atom. The lowest BCUT2D eigenvalue weighted by Crippen LogP contribution is -2.02. The van der Waals surface area contributed by atoms with E-state index >= 15 is 0 Å². The maximum atomic E-state index is 14.0. The number of para-hydroxylation sites is 1. The highest BCUT2D eigenvalue weighted by molar-refractivity contribution is 9.10. The summed E-state index contributed by atoms with van der Waals surface area (Å²) in [5.74, 6) is -0.553. The average Bonchev–Trinajstić information content (AvgIpc) is 2.43. The Kier molecular flexibility index (Phi) is 5.00. The average molecular weight is 362 g/mol. The highest BCUT2D eigenvalue weighted by Gasteiger charge is 2.20. The molecule has 0 radical (unpaired) electrons. The molecule has 0 aliphatic heterocycles. The summed E-state index contributed by atoms with van der Waals surface area (Å²) in [6.07, 6.45) is 0. The summed E-state index contributed by atoms with van der Waals surface area (Å²) in [6.45, 7) is 2.32. The molecule has 2 aromatic carbocycles. The van der Waals surface area contributed by atoms with Crippen LogP contribution in [-0.2, 0) is 0 Å². The van der Waals surface area contributed by atoms with Crippen molar-refractivity contribution in [2.24, 2.45) is 0 Å². The van der Waals surface area contributed by atoms with Crippen LogP contribution in [0.5, 0.6) is 5.75 Å². The van der Waals surface area contributed by atoms with E-state index in [2.05, 4.69) is 15.9 Å². The Balaban J connectivity index is 2.46. The van der Waals surface area contributed by atoms with Gasteiger partial charge in [0.15, 0.2) is 0 Å². The maximum absolute atomic E-state index is 14.0. The van der Waals surface area contributed by atoms with Crippen molar-refractivity contribution in [1.29, 1.82) is 0 Å². The highest BCUT2D eigenvalue weighted by atomic mass is 79.9. The largest absolute Gasteiger partial charge is 0.494 e. The molecule has 0 N–H and O–H groups in total. The van der Waals surface area contributed by atoms with Crippen molar-refractivity contribution in [1.82, 2.24) is 0 Å². The minimum Gasteiger partial charge on any atom is -0.494 e. The Morgan fingerprint density at radius 1 is 1.15 bits per heavy atom. The maximum Gasteiger partial charge on any atom is 0.137 e. The normalized spacial score (nSPS) is 12.2. The first kappa shape index (κ1) is 15.3. The summed E-state index contributed by atoms with van der Waals surface area (Å²) in [7, 11) is 0. The van der Waals surface area contributed by atoms with E-state index in [1.165, 1.54) is 0 Å². The molecule has 0 saturated carbocycles. The molecule has 0 saturated heterocycles. The van der Waals surface area contributed by atoms with Gasteiger partial charge in [-0.25, -0.2) is 8.78 Å². The molecule has 0 bridgehead atoms. The minimum absolute atomic E-state index is 0.0701. The van der Waals surface area contributed by atoms with Gasteiger partial charge in [0.25, 0.3) is 0 Å². The molecule has 1 atom stereocenters. The second-order valence-corrected chi connectivity index (χ2v) is 5.41. The van der Waals surface area contributed by atoms with E-state index in [4.69, 9.17) is 16.3 Å². The Hall–Kier alpha value is -1.13. The topological polar surface area (TPSA) is 9.23 Å². The molecule has 106 valence electrons.